The lowest BCUT2D eigenvalue weighted by atomic mass is 10.1. The lowest BCUT2D eigenvalue weighted by Crippen LogP contribution is -2.19. The molecule has 2 N–H and O–H groups in total. The minimum atomic E-state index is -0.205. The number of rotatable bonds is 4. The summed E-state index contributed by atoms with van der Waals surface area (Å²) in [6.45, 7) is 4.05. The largest absolute Gasteiger partial charge is 0.363 e. The van der Waals surface area contributed by atoms with Gasteiger partial charge in [-0.3, -0.25) is 4.79 Å². The van der Waals surface area contributed by atoms with Gasteiger partial charge in [0.25, 0.3) is 5.56 Å². The molecule has 1 unspecified atom stereocenters. The monoisotopic (exact) mass is 395 g/mol. The molecule has 0 spiro atoms. The van der Waals surface area contributed by atoms with Crippen LogP contribution in [0.2, 0.25) is 5.02 Å². The van der Waals surface area contributed by atoms with Crippen LogP contribution in [-0.4, -0.2) is 9.97 Å². The van der Waals surface area contributed by atoms with Crippen molar-refractivity contribution in [3.8, 4) is 11.1 Å². The summed E-state index contributed by atoms with van der Waals surface area (Å²) in [4.78, 5) is 19.8. The van der Waals surface area contributed by atoms with Gasteiger partial charge in [0.15, 0.2) is 0 Å². The minimum Gasteiger partial charge on any atom is -0.363 e. The van der Waals surface area contributed by atoms with Gasteiger partial charge in [0.1, 0.15) is 5.82 Å². The highest BCUT2D eigenvalue weighted by Gasteiger charge is 2.13. The normalized spacial score (nSPS) is 12.3. The molecule has 4 rings (SSSR count). The third kappa shape index (κ3) is 3.61. The number of aryl methyl sites for hydroxylation is 1. The molecule has 136 valence electrons. The van der Waals surface area contributed by atoms with Crippen LogP contribution in [0.5, 0.6) is 0 Å². The Labute approximate surface area is 165 Å². The number of nitrogens with one attached hydrogen (secondary N) is 2. The number of aromatic nitrogens is 2. The van der Waals surface area contributed by atoms with Crippen LogP contribution in [0, 0.1) is 6.92 Å². The SMILES string of the molecule is Cc1cscc1-c1ccnc(NC(C)c2cc3cc(Cl)ccc3[nH]c2=O)c1. The minimum absolute atomic E-state index is 0.116. The van der Waals surface area contributed by atoms with E-state index >= 15 is 0 Å². The van der Waals surface area contributed by atoms with Crippen molar-refractivity contribution in [2.75, 3.05) is 5.32 Å². The highest BCUT2D eigenvalue weighted by Crippen LogP contribution is 2.29. The quantitative estimate of drug-likeness (QED) is 0.460. The zero-order valence-corrected chi connectivity index (χ0v) is 16.5. The van der Waals surface area contributed by atoms with Crippen molar-refractivity contribution >= 4 is 39.7 Å². The van der Waals surface area contributed by atoms with Crippen molar-refractivity contribution in [1.29, 1.82) is 0 Å². The fourth-order valence-corrected chi connectivity index (χ4v) is 4.19. The summed E-state index contributed by atoms with van der Waals surface area (Å²) in [6.07, 6.45) is 1.78. The van der Waals surface area contributed by atoms with E-state index in [2.05, 4.69) is 33.0 Å². The Bertz CT molecular complexity index is 1180. The Morgan fingerprint density at radius 3 is 2.81 bits per heavy atom. The highest BCUT2D eigenvalue weighted by atomic mass is 35.5. The molecule has 4 nitrogen and oxygen atoms in total. The molecule has 3 heterocycles. The number of anilines is 1. The summed E-state index contributed by atoms with van der Waals surface area (Å²) in [5, 5.41) is 9.15. The van der Waals surface area contributed by atoms with Gasteiger partial charge in [-0.1, -0.05) is 11.6 Å². The Hall–Kier alpha value is -2.63. The number of benzene rings is 1. The van der Waals surface area contributed by atoms with Crippen LogP contribution in [0.25, 0.3) is 22.0 Å². The van der Waals surface area contributed by atoms with Crippen LogP contribution in [0.4, 0.5) is 5.82 Å². The fourth-order valence-electron chi connectivity index (χ4n) is 3.15. The van der Waals surface area contributed by atoms with E-state index in [4.69, 9.17) is 11.6 Å². The maximum absolute atomic E-state index is 12.5. The molecule has 3 aromatic heterocycles. The average Bonchev–Trinajstić information content (AvgIpc) is 3.07. The van der Waals surface area contributed by atoms with Gasteiger partial charge >= 0.3 is 0 Å². The number of halogens is 1. The van der Waals surface area contributed by atoms with Crippen molar-refractivity contribution in [2.45, 2.75) is 19.9 Å². The van der Waals surface area contributed by atoms with E-state index in [1.807, 2.05) is 37.3 Å². The highest BCUT2D eigenvalue weighted by molar-refractivity contribution is 7.08. The van der Waals surface area contributed by atoms with Crippen molar-refractivity contribution in [3.05, 3.63) is 79.9 Å². The smallest absolute Gasteiger partial charge is 0.253 e. The molecule has 4 aromatic rings. The molecular weight excluding hydrogens is 378 g/mol. The lowest BCUT2D eigenvalue weighted by Gasteiger charge is -2.15. The molecule has 0 fully saturated rings. The van der Waals surface area contributed by atoms with E-state index in [0.29, 0.717) is 10.6 Å². The van der Waals surface area contributed by atoms with Crippen molar-refractivity contribution in [1.82, 2.24) is 9.97 Å². The average molecular weight is 396 g/mol. The fraction of sp³-hybridized carbons (Fsp3) is 0.143. The summed E-state index contributed by atoms with van der Waals surface area (Å²) in [6, 6.07) is 11.1. The van der Waals surface area contributed by atoms with E-state index in [9.17, 15) is 4.79 Å². The Morgan fingerprint density at radius 2 is 2.04 bits per heavy atom. The number of pyridine rings is 2. The number of H-pyrrole nitrogens is 1. The lowest BCUT2D eigenvalue weighted by molar-refractivity contribution is 0.857. The van der Waals surface area contributed by atoms with Crippen molar-refractivity contribution in [2.24, 2.45) is 0 Å². The van der Waals surface area contributed by atoms with Gasteiger partial charge in [-0.25, -0.2) is 4.98 Å². The number of hydrogen-bond donors (Lipinski definition) is 2. The number of nitrogens with zero attached hydrogens (tertiary/aromatic N) is 1. The van der Waals surface area contributed by atoms with Crippen LogP contribution in [0.3, 0.4) is 0 Å². The van der Waals surface area contributed by atoms with E-state index in [1.54, 1.807) is 23.6 Å². The van der Waals surface area contributed by atoms with Crippen LogP contribution >= 0.6 is 22.9 Å². The number of hydrogen-bond acceptors (Lipinski definition) is 4. The predicted molar refractivity (Wildman–Crippen MR) is 114 cm³/mol. The van der Waals surface area contributed by atoms with E-state index in [1.165, 1.54) is 11.1 Å². The first-order chi connectivity index (χ1) is 13.0. The molecule has 6 heteroatoms. The van der Waals surface area contributed by atoms with Gasteiger partial charge in [-0.2, -0.15) is 11.3 Å². The first-order valence-electron chi connectivity index (χ1n) is 8.59. The molecule has 0 saturated heterocycles. The molecular formula is C21H18ClN3OS. The maximum atomic E-state index is 12.5. The van der Waals surface area contributed by atoms with Crippen molar-refractivity contribution < 1.29 is 0 Å². The molecule has 0 saturated carbocycles. The molecule has 0 aliphatic carbocycles. The molecule has 27 heavy (non-hydrogen) atoms. The van der Waals surface area contributed by atoms with Gasteiger partial charge in [-0.05, 0) is 77.7 Å². The predicted octanol–water partition coefficient (Wildman–Crippen LogP) is 5.79. The van der Waals surface area contributed by atoms with Gasteiger partial charge < -0.3 is 10.3 Å². The summed E-state index contributed by atoms with van der Waals surface area (Å²) in [7, 11) is 0. The second kappa shape index (κ2) is 7.18. The van der Waals surface area contributed by atoms with Crippen LogP contribution < -0.4 is 10.9 Å². The number of aromatic amines is 1. The molecule has 1 atom stereocenters. The van der Waals surface area contributed by atoms with Gasteiger partial charge in [0.2, 0.25) is 0 Å². The molecule has 0 aliphatic rings. The summed E-state index contributed by atoms with van der Waals surface area (Å²) >= 11 is 7.77. The first kappa shape index (κ1) is 17.8. The third-order valence-corrected chi connectivity index (χ3v) is 5.69. The molecule has 0 radical (unpaired) electrons. The van der Waals surface area contributed by atoms with E-state index < -0.39 is 0 Å². The zero-order chi connectivity index (χ0) is 19.0. The molecule has 0 bridgehead atoms. The van der Waals surface area contributed by atoms with Gasteiger partial charge in [0.05, 0.1) is 6.04 Å². The van der Waals surface area contributed by atoms with Gasteiger partial charge in [-0.15, -0.1) is 0 Å². The summed E-state index contributed by atoms with van der Waals surface area (Å²) < 4.78 is 0. The van der Waals surface area contributed by atoms with Crippen LogP contribution in [0.1, 0.15) is 24.1 Å². The summed E-state index contributed by atoms with van der Waals surface area (Å²) in [5.74, 6) is 0.733. The second-order valence-electron chi connectivity index (χ2n) is 6.55. The standard InChI is InChI=1S/C21H18ClN3OS/c1-12-10-27-11-18(12)14-5-6-23-20(9-14)24-13(2)17-8-15-7-16(22)3-4-19(15)25-21(17)26/h3-11,13H,1-2H3,(H,23,24)(H,25,26). The van der Waals surface area contributed by atoms with Gasteiger partial charge in [0, 0.05) is 27.7 Å². The number of fused-ring (bicyclic) bond motifs is 1. The van der Waals surface area contributed by atoms with Crippen LogP contribution in [0.15, 0.2) is 58.1 Å². The zero-order valence-electron chi connectivity index (χ0n) is 14.9. The van der Waals surface area contributed by atoms with Crippen molar-refractivity contribution in [3.63, 3.8) is 0 Å². The van der Waals surface area contributed by atoms with Crippen LogP contribution in [-0.2, 0) is 0 Å². The Kier molecular flexibility index (Phi) is 4.72. The number of thiophene rings is 1. The van der Waals surface area contributed by atoms with E-state index in [-0.39, 0.29) is 11.6 Å². The third-order valence-electron chi connectivity index (χ3n) is 4.59. The Balaban J connectivity index is 1.65. The Morgan fingerprint density at radius 1 is 1.19 bits per heavy atom. The molecule has 0 amide bonds. The summed E-state index contributed by atoms with van der Waals surface area (Å²) in [5.41, 5.74) is 4.86. The molecule has 0 aliphatic heterocycles. The topological polar surface area (TPSA) is 57.8 Å². The maximum Gasteiger partial charge on any atom is 0.253 e. The van der Waals surface area contributed by atoms with E-state index in [0.717, 1.165) is 22.3 Å². The first-order valence-corrected chi connectivity index (χ1v) is 9.91. The molecule has 1 aromatic carbocycles. The second-order valence-corrected chi connectivity index (χ2v) is 7.73.